The maximum absolute atomic E-state index is 12.4. The molecule has 2 amide bonds. The summed E-state index contributed by atoms with van der Waals surface area (Å²) in [7, 11) is 1.55. The molecular weight excluding hydrogens is 616 g/mol. The van der Waals surface area contributed by atoms with E-state index < -0.39 is 74.6 Å². The van der Waals surface area contributed by atoms with Crippen LogP contribution in [0.15, 0.2) is 0 Å². The van der Waals surface area contributed by atoms with E-state index in [0.29, 0.717) is 51.7 Å². The molecule has 2 saturated heterocycles. The zero-order chi connectivity index (χ0) is 34.1. The highest BCUT2D eigenvalue weighted by atomic mass is 16.7. The van der Waals surface area contributed by atoms with E-state index in [1.807, 2.05) is 0 Å². The molecule has 0 aromatic rings. The van der Waals surface area contributed by atoms with Gasteiger partial charge in [0, 0.05) is 39.7 Å². The lowest BCUT2D eigenvalue weighted by Gasteiger charge is -2.39. The zero-order valence-electron chi connectivity index (χ0n) is 26.4. The van der Waals surface area contributed by atoms with Gasteiger partial charge in [0.1, 0.15) is 48.8 Å². The molecule has 10 N–H and O–H groups in total. The number of unbranched alkanes of at least 4 members (excludes halogenated alkanes) is 3. The van der Waals surface area contributed by atoms with Gasteiger partial charge in [-0.15, -0.1) is 0 Å². The van der Waals surface area contributed by atoms with Crippen LogP contribution in [-0.4, -0.2) is 167 Å². The minimum Gasteiger partial charge on any atom is -0.394 e. The second-order valence-corrected chi connectivity index (χ2v) is 11.6. The van der Waals surface area contributed by atoms with E-state index in [1.54, 1.807) is 7.11 Å². The minimum absolute atomic E-state index is 0.120. The summed E-state index contributed by atoms with van der Waals surface area (Å²) in [5.74, 6) is -0.274. The molecule has 11 atom stereocenters. The Kier molecular flexibility index (Phi) is 19.5. The second-order valence-electron chi connectivity index (χ2n) is 11.6. The third kappa shape index (κ3) is 13.5. The number of carbonyl (C=O) groups is 2. The lowest BCUT2D eigenvalue weighted by molar-refractivity contribution is -0.301. The van der Waals surface area contributed by atoms with E-state index >= 15 is 0 Å². The highest BCUT2D eigenvalue weighted by molar-refractivity contribution is 5.76. The first-order valence-electron chi connectivity index (χ1n) is 15.9. The first-order valence-corrected chi connectivity index (χ1v) is 15.9. The SMILES string of the molecule is COC[C@H](CCCCNC(=O)CCCCOC1OC(CO)C(O)C(O)C1O)NC(=O)CCCCOC1OC(CO)C(O)C(O)C1O. The van der Waals surface area contributed by atoms with Gasteiger partial charge in [0.25, 0.3) is 0 Å². The molecule has 0 bridgehead atoms. The van der Waals surface area contributed by atoms with Crippen LogP contribution in [0.5, 0.6) is 0 Å². The topological polar surface area (TPSA) is 266 Å². The monoisotopic (exact) mass is 670 g/mol. The zero-order valence-corrected chi connectivity index (χ0v) is 26.4. The number of hydrogen-bond acceptors (Lipinski definition) is 15. The normalized spacial score (nSPS) is 32.2. The molecule has 0 saturated carbocycles. The fourth-order valence-corrected chi connectivity index (χ4v) is 5.11. The van der Waals surface area contributed by atoms with Crippen molar-refractivity contribution in [1.29, 1.82) is 0 Å². The third-order valence-corrected chi connectivity index (χ3v) is 7.89. The van der Waals surface area contributed by atoms with Gasteiger partial charge in [0.2, 0.25) is 11.8 Å². The van der Waals surface area contributed by atoms with Crippen molar-refractivity contribution < 1.29 is 74.1 Å². The molecule has 17 nitrogen and oxygen atoms in total. The Balaban J connectivity index is 1.51. The van der Waals surface area contributed by atoms with Crippen LogP contribution in [0.1, 0.15) is 57.8 Å². The van der Waals surface area contributed by atoms with Crippen molar-refractivity contribution in [3.8, 4) is 0 Å². The number of nitrogens with one attached hydrogen (secondary N) is 2. The fourth-order valence-electron chi connectivity index (χ4n) is 5.11. The van der Waals surface area contributed by atoms with Gasteiger partial charge >= 0.3 is 0 Å². The summed E-state index contributed by atoms with van der Waals surface area (Å²) in [4.78, 5) is 24.5. The van der Waals surface area contributed by atoms with Crippen molar-refractivity contribution >= 4 is 11.8 Å². The van der Waals surface area contributed by atoms with Crippen LogP contribution in [0.3, 0.4) is 0 Å². The number of methoxy groups -OCH3 is 1. The Morgan fingerprint density at radius 1 is 0.674 bits per heavy atom. The van der Waals surface area contributed by atoms with Crippen molar-refractivity contribution in [2.75, 3.05) is 46.7 Å². The Labute approximate surface area is 268 Å². The smallest absolute Gasteiger partial charge is 0.220 e. The van der Waals surface area contributed by atoms with Crippen molar-refractivity contribution in [3.05, 3.63) is 0 Å². The van der Waals surface area contributed by atoms with Gasteiger partial charge in [0.15, 0.2) is 12.6 Å². The number of rotatable bonds is 22. The maximum Gasteiger partial charge on any atom is 0.220 e. The highest BCUT2D eigenvalue weighted by Gasteiger charge is 2.45. The number of aliphatic hydroxyl groups excluding tert-OH is 8. The van der Waals surface area contributed by atoms with Gasteiger partial charge in [0.05, 0.1) is 25.9 Å². The van der Waals surface area contributed by atoms with E-state index in [1.165, 1.54) is 0 Å². The van der Waals surface area contributed by atoms with E-state index in [0.717, 1.165) is 6.42 Å². The van der Waals surface area contributed by atoms with Gasteiger partial charge in [-0.3, -0.25) is 9.59 Å². The number of aliphatic hydroxyl groups is 8. The highest BCUT2D eigenvalue weighted by Crippen LogP contribution is 2.23. The number of carbonyl (C=O) groups excluding carboxylic acids is 2. The summed E-state index contributed by atoms with van der Waals surface area (Å²) in [5, 5.41) is 83.4. The molecule has 0 aromatic carbocycles. The first kappa shape index (κ1) is 40.6. The molecule has 2 heterocycles. The predicted molar refractivity (Wildman–Crippen MR) is 158 cm³/mol. The largest absolute Gasteiger partial charge is 0.394 e. The molecule has 46 heavy (non-hydrogen) atoms. The number of ether oxygens (including phenoxy) is 5. The lowest BCUT2D eigenvalue weighted by atomic mass is 9.99. The van der Waals surface area contributed by atoms with E-state index in [2.05, 4.69) is 10.6 Å². The molecular formula is C29H54N2O15. The van der Waals surface area contributed by atoms with E-state index in [4.69, 9.17) is 23.7 Å². The molecule has 270 valence electrons. The maximum atomic E-state index is 12.4. The van der Waals surface area contributed by atoms with Crippen molar-refractivity contribution in [2.45, 2.75) is 125 Å². The summed E-state index contributed by atoms with van der Waals surface area (Å²) in [5.41, 5.74) is 0. The van der Waals surface area contributed by atoms with E-state index in [-0.39, 0.29) is 43.9 Å². The summed E-state index contributed by atoms with van der Waals surface area (Å²) in [6.45, 7) is 0.0217. The molecule has 2 fully saturated rings. The van der Waals surface area contributed by atoms with Crippen LogP contribution >= 0.6 is 0 Å². The quantitative estimate of drug-likeness (QED) is 0.0498. The van der Waals surface area contributed by atoms with Crippen molar-refractivity contribution in [1.82, 2.24) is 10.6 Å². The van der Waals surface area contributed by atoms with Crippen LogP contribution in [0.2, 0.25) is 0 Å². The molecule has 10 unspecified atom stereocenters. The van der Waals surface area contributed by atoms with Gasteiger partial charge < -0.3 is 75.2 Å². The molecule has 2 aliphatic rings. The average molecular weight is 671 g/mol. The van der Waals surface area contributed by atoms with Crippen LogP contribution in [-0.2, 0) is 33.3 Å². The Bertz CT molecular complexity index is 853. The minimum atomic E-state index is -1.51. The molecule has 2 rings (SSSR count). The Hall–Kier alpha value is -1.58. The van der Waals surface area contributed by atoms with Gasteiger partial charge in [-0.1, -0.05) is 0 Å². The van der Waals surface area contributed by atoms with Crippen LogP contribution in [0.25, 0.3) is 0 Å². The van der Waals surface area contributed by atoms with Gasteiger partial charge in [-0.2, -0.15) is 0 Å². The van der Waals surface area contributed by atoms with Crippen LogP contribution < -0.4 is 10.6 Å². The van der Waals surface area contributed by atoms with Crippen molar-refractivity contribution in [3.63, 3.8) is 0 Å². The van der Waals surface area contributed by atoms with Crippen LogP contribution in [0.4, 0.5) is 0 Å². The number of hydrogen-bond donors (Lipinski definition) is 10. The predicted octanol–water partition coefficient (Wildman–Crippen LogP) is -3.62. The second kappa shape index (κ2) is 22.1. The van der Waals surface area contributed by atoms with Crippen molar-refractivity contribution in [2.24, 2.45) is 0 Å². The summed E-state index contributed by atoms with van der Waals surface area (Å²) >= 11 is 0. The standard InChI is InChI=1S/C29H54N2O15/c1-42-16-17(31-21(35)10-4-7-13-44-29-27(41)25(39)23(37)19(15-33)46-29)8-2-5-11-30-20(34)9-3-6-12-43-28-26(40)24(38)22(36)18(14-32)45-28/h17-19,22-29,32-33,36-41H,2-16H2,1H3,(H,30,34)(H,31,35)/t17-,18?,19?,22?,23?,24?,25?,26?,27?,28?,29?/m0/s1. The summed E-state index contributed by atoms with van der Waals surface area (Å²) < 4.78 is 26.6. The first-order chi connectivity index (χ1) is 22.0. The van der Waals surface area contributed by atoms with E-state index in [9.17, 15) is 50.4 Å². The summed E-state index contributed by atoms with van der Waals surface area (Å²) in [6.07, 6.45) is -8.72. The fraction of sp³-hybridized carbons (Fsp3) is 0.931. The Morgan fingerprint density at radius 3 is 1.65 bits per heavy atom. The molecule has 2 aliphatic heterocycles. The average Bonchev–Trinajstić information content (AvgIpc) is 3.04. The molecule has 0 aromatic heterocycles. The van der Waals surface area contributed by atoms with Gasteiger partial charge in [-0.05, 0) is 44.9 Å². The molecule has 17 heteroatoms. The molecule has 0 aliphatic carbocycles. The molecule has 0 radical (unpaired) electrons. The third-order valence-electron chi connectivity index (χ3n) is 7.89. The Morgan fingerprint density at radius 2 is 1.17 bits per heavy atom. The lowest BCUT2D eigenvalue weighted by Crippen LogP contribution is -2.59. The number of amides is 2. The van der Waals surface area contributed by atoms with Gasteiger partial charge in [-0.25, -0.2) is 0 Å². The summed E-state index contributed by atoms with van der Waals surface area (Å²) in [6, 6.07) is -0.192. The van der Waals surface area contributed by atoms with Crippen LogP contribution in [0, 0.1) is 0 Å². The molecule has 0 spiro atoms.